The Bertz CT molecular complexity index is 1070. The Kier molecular flexibility index (Phi) is 4.88. The van der Waals surface area contributed by atoms with E-state index in [1.807, 2.05) is 25.1 Å². The van der Waals surface area contributed by atoms with E-state index in [2.05, 4.69) is 30.8 Å². The number of anilines is 1. The molecule has 0 radical (unpaired) electrons. The number of hydrogen-bond donors (Lipinski definition) is 0. The van der Waals surface area contributed by atoms with Crippen molar-refractivity contribution in [3.05, 3.63) is 58.8 Å². The van der Waals surface area contributed by atoms with E-state index in [-0.39, 0.29) is 0 Å². The lowest BCUT2D eigenvalue weighted by Gasteiger charge is -2.35. The number of piperazine rings is 1. The molecule has 0 amide bonds. The summed E-state index contributed by atoms with van der Waals surface area (Å²) in [4.78, 5) is 11.3. The minimum atomic E-state index is -3.48. The lowest BCUT2D eigenvalue weighted by molar-refractivity contribution is 0.384. The summed E-state index contributed by atoms with van der Waals surface area (Å²) in [5.41, 5.74) is 2.03. The van der Waals surface area contributed by atoms with E-state index in [0.717, 1.165) is 26.8 Å². The quantitative estimate of drug-likeness (QED) is 0.617. The first-order valence-corrected chi connectivity index (χ1v) is 10.9. The van der Waals surface area contributed by atoms with Gasteiger partial charge in [0.25, 0.3) is 0 Å². The van der Waals surface area contributed by atoms with Gasteiger partial charge < -0.3 is 4.90 Å². The zero-order valence-electron chi connectivity index (χ0n) is 14.8. The number of hydrogen-bond acceptors (Lipinski definition) is 5. The first kappa shape index (κ1) is 18.3. The Morgan fingerprint density at radius 3 is 2.37 bits per heavy atom. The largest absolute Gasteiger partial charge is 0.353 e. The van der Waals surface area contributed by atoms with Crippen LogP contribution in [0.4, 0.5) is 5.82 Å². The van der Waals surface area contributed by atoms with Crippen molar-refractivity contribution in [3.8, 4) is 0 Å². The van der Waals surface area contributed by atoms with E-state index < -0.39 is 10.0 Å². The number of fused-ring (bicyclic) bond motifs is 1. The molecule has 1 aliphatic rings. The highest BCUT2D eigenvalue weighted by atomic mass is 79.9. The van der Waals surface area contributed by atoms with Crippen molar-refractivity contribution in [1.82, 2.24) is 14.3 Å². The molecule has 1 fully saturated rings. The summed E-state index contributed by atoms with van der Waals surface area (Å²) in [6.07, 6.45) is 1.57. The van der Waals surface area contributed by atoms with Crippen molar-refractivity contribution in [3.63, 3.8) is 0 Å². The Hall–Kier alpha value is -2.03. The number of sulfonamides is 1. The third-order valence-corrected chi connectivity index (χ3v) is 7.28. The molecule has 6 nitrogen and oxygen atoms in total. The monoisotopic (exact) mass is 446 g/mol. The fourth-order valence-corrected chi connectivity index (χ4v) is 5.08. The van der Waals surface area contributed by atoms with Gasteiger partial charge in [0.15, 0.2) is 0 Å². The van der Waals surface area contributed by atoms with Gasteiger partial charge in [-0.15, -0.1) is 0 Å². The predicted molar refractivity (Wildman–Crippen MR) is 109 cm³/mol. The molecule has 4 rings (SSSR count). The molecule has 1 saturated heterocycles. The van der Waals surface area contributed by atoms with Gasteiger partial charge in [0.05, 0.1) is 10.4 Å². The van der Waals surface area contributed by atoms with Crippen LogP contribution in [0.5, 0.6) is 0 Å². The van der Waals surface area contributed by atoms with Crippen molar-refractivity contribution >= 4 is 42.7 Å². The van der Waals surface area contributed by atoms with Crippen LogP contribution in [0, 0.1) is 6.92 Å². The number of nitrogens with zero attached hydrogens (tertiary/aromatic N) is 4. The minimum absolute atomic E-state index is 0.322. The van der Waals surface area contributed by atoms with Gasteiger partial charge in [-0.1, -0.05) is 28.1 Å². The van der Waals surface area contributed by atoms with Gasteiger partial charge in [-0.05, 0) is 42.8 Å². The Morgan fingerprint density at radius 2 is 1.67 bits per heavy atom. The molecule has 2 heterocycles. The number of aryl methyl sites for hydroxylation is 1. The summed E-state index contributed by atoms with van der Waals surface area (Å²) in [5.74, 6) is 0.874. The molecule has 2 aromatic carbocycles. The average Bonchev–Trinajstić information content (AvgIpc) is 2.68. The summed E-state index contributed by atoms with van der Waals surface area (Å²) in [6, 6.07) is 12.8. The topological polar surface area (TPSA) is 66.4 Å². The number of rotatable bonds is 3. The summed E-state index contributed by atoms with van der Waals surface area (Å²) < 4.78 is 28.2. The lowest BCUT2D eigenvalue weighted by atomic mass is 10.1. The fraction of sp³-hybridized carbons (Fsp3) is 0.263. The molecule has 0 atom stereocenters. The van der Waals surface area contributed by atoms with Crippen LogP contribution in [0.2, 0.25) is 0 Å². The van der Waals surface area contributed by atoms with E-state index in [1.165, 1.54) is 0 Å². The molecule has 0 bridgehead atoms. The zero-order valence-corrected chi connectivity index (χ0v) is 17.2. The van der Waals surface area contributed by atoms with E-state index in [1.54, 1.807) is 34.9 Å². The van der Waals surface area contributed by atoms with Crippen LogP contribution in [-0.2, 0) is 10.0 Å². The van der Waals surface area contributed by atoms with Gasteiger partial charge in [0.1, 0.15) is 12.1 Å². The molecule has 27 heavy (non-hydrogen) atoms. The van der Waals surface area contributed by atoms with Crippen molar-refractivity contribution in [2.75, 3.05) is 31.1 Å². The molecule has 8 heteroatoms. The van der Waals surface area contributed by atoms with E-state index in [9.17, 15) is 8.42 Å². The first-order valence-electron chi connectivity index (χ1n) is 8.68. The van der Waals surface area contributed by atoms with Gasteiger partial charge in [0.2, 0.25) is 10.0 Å². The van der Waals surface area contributed by atoms with Crippen LogP contribution in [0.15, 0.2) is 58.2 Å². The second-order valence-electron chi connectivity index (χ2n) is 6.51. The minimum Gasteiger partial charge on any atom is -0.353 e. The third-order valence-electron chi connectivity index (χ3n) is 4.84. The van der Waals surface area contributed by atoms with E-state index in [4.69, 9.17) is 0 Å². The van der Waals surface area contributed by atoms with Crippen LogP contribution in [0.3, 0.4) is 0 Å². The average molecular weight is 447 g/mol. The van der Waals surface area contributed by atoms with Crippen molar-refractivity contribution in [2.24, 2.45) is 0 Å². The molecule has 3 aromatic rings. The molecule has 140 valence electrons. The van der Waals surface area contributed by atoms with Crippen LogP contribution in [0.1, 0.15) is 5.56 Å². The van der Waals surface area contributed by atoms with E-state index >= 15 is 0 Å². The zero-order chi connectivity index (χ0) is 19.0. The summed E-state index contributed by atoms with van der Waals surface area (Å²) in [6.45, 7) is 4.08. The third kappa shape index (κ3) is 3.44. The second kappa shape index (κ2) is 7.18. The van der Waals surface area contributed by atoms with Gasteiger partial charge in [-0.2, -0.15) is 4.31 Å². The Balaban J connectivity index is 1.57. The highest BCUT2D eigenvalue weighted by Crippen LogP contribution is 2.28. The van der Waals surface area contributed by atoms with Gasteiger partial charge in [0, 0.05) is 36.0 Å². The second-order valence-corrected chi connectivity index (χ2v) is 9.36. The molecule has 0 unspecified atom stereocenters. The number of benzene rings is 2. The summed E-state index contributed by atoms with van der Waals surface area (Å²) in [7, 11) is -3.48. The molecular weight excluding hydrogens is 428 g/mol. The number of aromatic nitrogens is 2. The van der Waals surface area contributed by atoms with Gasteiger partial charge in [-0.25, -0.2) is 18.4 Å². The molecule has 1 aliphatic heterocycles. The molecule has 0 saturated carbocycles. The highest BCUT2D eigenvalue weighted by molar-refractivity contribution is 9.10. The fourth-order valence-electron chi connectivity index (χ4n) is 3.40. The van der Waals surface area contributed by atoms with Crippen LogP contribution in [-0.4, -0.2) is 48.9 Å². The van der Waals surface area contributed by atoms with Crippen LogP contribution < -0.4 is 4.90 Å². The highest BCUT2D eigenvalue weighted by Gasteiger charge is 2.29. The molecule has 0 N–H and O–H groups in total. The van der Waals surface area contributed by atoms with Crippen LogP contribution >= 0.6 is 15.9 Å². The van der Waals surface area contributed by atoms with Gasteiger partial charge >= 0.3 is 0 Å². The van der Waals surface area contributed by atoms with Crippen molar-refractivity contribution in [2.45, 2.75) is 11.8 Å². The molecule has 0 spiro atoms. The predicted octanol–water partition coefficient (Wildman–Crippen LogP) is 3.21. The summed E-state index contributed by atoms with van der Waals surface area (Å²) in [5, 5.41) is 1.03. The summed E-state index contributed by atoms with van der Waals surface area (Å²) >= 11 is 3.34. The van der Waals surface area contributed by atoms with Crippen molar-refractivity contribution in [1.29, 1.82) is 0 Å². The maximum absolute atomic E-state index is 12.9. The standard InChI is InChI=1S/C19H19BrN4O2S/c1-14-3-2-4-17-18(14)19(22-13-21-17)23-9-11-24(12-10-23)27(25,26)16-7-5-15(20)6-8-16/h2-8,13H,9-12H2,1H3. The Labute approximate surface area is 167 Å². The maximum Gasteiger partial charge on any atom is 0.243 e. The normalized spacial score (nSPS) is 16.0. The molecule has 0 aliphatic carbocycles. The smallest absolute Gasteiger partial charge is 0.243 e. The first-order chi connectivity index (χ1) is 13.0. The molecule has 1 aromatic heterocycles. The van der Waals surface area contributed by atoms with Crippen molar-refractivity contribution < 1.29 is 8.42 Å². The SMILES string of the molecule is Cc1cccc2ncnc(N3CCN(S(=O)(=O)c4ccc(Br)cc4)CC3)c12. The van der Waals surface area contributed by atoms with Gasteiger partial charge in [-0.3, -0.25) is 0 Å². The molecular formula is C19H19BrN4O2S. The van der Waals surface area contributed by atoms with Crippen LogP contribution in [0.25, 0.3) is 10.9 Å². The maximum atomic E-state index is 12.9. The number of halogens is 1. The van der Waals surface area contributed by atoms with E-state index in [0.29, 0.717) is 31.1 Å². The lowest BCUT2D eigenvalue weighted by Crippen LogP contribution is -2.49. The Morgan fingerprint density at radius 1 is 0.963 bits per heavy atom.